The SMILES string of the molecule is Cn1cc(C2(NC(O)c3cc4cc(Cl)ccc4[nH]3)CCOCC2)cn1. The van der Waals surface area contributed by atoms with Crippen LogP contribution in [0.25, 0.3) is 10.9 Å². The highest BCUT2D eigenvalue weighted by molar-refractivity contribution is 6.31. The summed E-state index contributed by atoms with van der Waals surface area (Å²) in [6.45, 7) is 1.30. The molecule has 4 rings (SSSR count). The third-order valence-corrected chi connectivity index (χ3v) is 5.15. The second-order valence-electron chi connectivity index (χ2n) is 6.60. The second-order valence-corrected chi connectivity index (χ2v) is 7.04. The minimum absolute atomic E-state index is 0.360. The molecule has 1 unspecified atom stereocenters. The van der Waals surface area contributed by atoms with E-state index in [1.807, 2.05) is 43.7 Å². The van der Waals surface area contributed by atoms with Gasteiger partial charge < -0.3 is 14.8 Å². The maximum atomic E-state index is 10.8. The van der Waals surface area contributed by atoms with Crippen molar-refractivity contribution in [3.63, 3.8) is 0 Å². The number of aromatic nitrogens is 3. The lowest BCUT2D eigenvalue weighted by Gasteiger charge is -2.39. The molecule has 3 N–H and O–H groups in total. The van der Waals surface area contributed by atoms with E-state index in [2.05, 4.69) is 15.4 Å². The van der Waals surface area contributed by atoms with Crippen molar-refractivity contribution in [3.8, 4) is 0 Å². The molecule has 1 aliphatic rings. The number of halogens is 1. The smallest absolute Gasteiger partial charge is 0.146 e. The maximum Gasteiger partial charge on any atom is 0.146 e. The Morgan fingerprint density at radius 3 is 2.88 bits per heavy atom. The van der Waals surface area contributed by atoms with Crippen LogP contribution in [0.1, 0.15) is 30.3 Å². The molecular weight excluding hydrogens is 340 g/mol. The summed E-state index contributed by atoms with van der Waals surface area (Å²) in [5.74, 6) is 0. The van der Waals surface area contributed by atoms with Gasteiger partial charge in [0.25, 0.3) is 0 Å². The summed E-state index contributed by atoms with van der Waals surface area (Å²) in [6.07, 6.45) is 4.58. The Bertz CT molecular complexity index is 882. The summed E-state index contributed by atoms with van der Waals surface area (Å²) >= 11 is 6.05. The molecule has 2 aromatic heterocycles. The van der Waals surface area contributed by atoms with Crippen molar-refractivity contribution in [1.82, 2.24) is 20.1 Å². The fourth-order valence-corrected chi connectivity index (χ4v) is 3.70. The number of benzene rings is 1. The minimum atomic E-state index is -0.829. The van der Waals surface area contributed by atoms with E-state index in [1.54, 1.807) is 4.68 Å². The van der Waals surface area contributed by atoms with Crippen molar-refractivity contribution in [2.45, 2.75) is 24.6 Å². The lowest BCUT2D eigenvalue weighted by molar-refractivity contribution is 0.000826. The molecule has 0 amide bonds. The molecule has 0 saturated carbocycles. The third-order valence-electron chi connectivity index (χ3n) is 4.92. The van der Waals surface area contributed by atoms with E-state index in [0.29, 0.717) is 23.9 Å². The van der Waals surface area contributed by atoms with E-state index in [4.69, 9.17) is 16.3 Å². The zero-order valence-electron chi connectivity index (χ0n) is 14.0. The second kappa shape index (κ2) is 6.46. The van der Waals surface area contributed by atoms with Crippen LogP contribution in [-0.2, 0) is 17.3 Å². The van der Waals surface area contributed by atoms with Gasteiger partial charge in [-0.3, -0.25) is 10.00 Å². The Morgan fingerprint density at radius 1 is 1.36 bits per heavy atom. The van der Waals surface area contributed by atoms with Crippen LogP contribution < -0.4 is 5.32 Å². The van der Waals surface area contributed by atoms with Gasteiger partial charge in [0.2, 0.25) is 0 Å². The predicted molar refractivity (Wildman–Crippen MR) is 96.3 cm³/mol. The highest BCUT2D eigenvalue weighted by atomic mass is 35.5. The van der Waals surface area contributed by atoms with Crippen LogP contribution in [-0.4, -0.2) is 33.1 Å². The first-order valence-corrected chi connectivity index (χ1v) is 8.74. The third kappa shape index (κ3) is 3.18. The molecule has 0 aliphatic carbocycles. The first-order valence-electron chi connectivity index (χ1n) is 8.37. The highest BCUT2D eigenvalue weighted by Crippen LogP contribution is 2.34. The summed E-state index contributed by atoms with van der Waals surface area (Å²) in [5, 5.41) is 20.2. The molecule has 0 bridgehead atoms. The minimum Gasteiger partial charge on any atom is -0.381 e. The predicted octanol–water partition coefficient (Wildman–Crippen LogP) is 2.84. The molecule has 1 aromatic carbocycles. The van der Waals surface area contributed by atoms with Crippen molar-refractivity contribution in [2.75, 3.05) is 13.2 Å². The number of hydrogen-bond donors (Lipinski definition) is 3. The number of nitrogens with zero attached hydrogens (tertiary/aromatic N) is 2. The number of aromatic amines is 1. The summed E-state index contributed by atoms with van der Waals surface area (Å²) in [7, 11) is 1.90. The Hall–Kier alpha value is -1.86. The monoisotopic (exact) mass is 360 g/mol. The highest BCUT2D eigenvalue weighted by Gasteiger charge is 2.37. The lowest BCUT2D eigenvalue weighted by Crippen LogP contribution is -2.48. The Morgan fingerprint density at radius 2 is 2.16 bits per heavy atom. The average Bonchev–Trinajstić information content (AvgIpc) is 3.22. The van der Waals surface area contributed by atoms with Gasteiger partial charge in [0, 0.05) is 47.9 Å². The number of aryl methyl sites for hydroxylation is 1. The summed E-state index contributed by atoms with van der Waals surface area (Å²) in [4.78, 5) is 3.26. The average molecular weight is 361 g/mol. The molecule has 6 nitrogen and oxygen atoms in total. The molecule has 1 fully saturated rings. The largest absolute Gasteiger partial charge is 0.381 e. The normalized spacial score (nSPS) is 18.5. The molecule has 3 heterocycles. The van der Waals surface area contributed by atoms with Gasteiger partial charge in [-0.25, -0.2) is 0 Å². The van der Waals surface area contributed by atoms with Crippen molar-refractivity contribution in [2.24, 2.45) is 7.05 Å². The van der Waals surface area contributed by atoms with Crippen LogP contribution in [0.4, 0.5) is 0 Å². The van der Waals surface area contributed by atoms with Crippen LogP contribution in [0.2, 0.25) is 5.02 Å². The molecule has 0 spiro atoms. The number of aliphatic hydroxyl groups is 1. The van der Waals surface area contributed by atoms with Crippen LogP contribution >= 0.6 is 11.6 Å². The number of nitrogens with one attached hydrogen (secondary N) is 2. The molecule has 132 valence electrons. The molecule has 25 heavy (non-hydrogen) atoms. The van der Waals surface area contributed by atoms with E-state index in [9.17, 15) is 5.11 Å². The van der Waals surface area contributed by atoms with Crippen LogP contribution in [0.5, 0.6) is 0 Å². The maximum absolute atomic E-state index is 10.8. The molecule has 0 radical (unpaired) electrons. The fourth-order valence-electron chi connectivity index (χ4n) is 3.52. The van der Waals surface area contributed by atoms with E-state index in [0.717, 1.165) is 29.3 Å². The number of fused-ring (bicyclic) bond motifs is 1. The van der Waals surface area contributed by atoms with Gasteiger partial charge in [0.15, 0.2) is 0 Å². The molecule has 3 aromatic rings. The van der Waals surface area contributed by atoms with Gasteiger partial charge in [-0.1, -0.05) is 11.6 Å². The van der Waals surface area contributed by atoms with Crippen LogP contribution in [0, 0.1) is 0 Å². The van der Waals surface area contributed by atoms with Crippen molar-refractivity contribution >= 4 is 22.5 Å². The van der Waals surface area contributed by atoms with Crippen molar-refractivity contribution < 1.29 is 9.84 Å². The Labute approximate surface area is 150 Å². The molecule has 7 heteroatoms. The fraction of sp³-hybridized carbons (Fsp3) is 0.389. The number of aliphatic hydroxyl groups excluding tert-OH is 1. The zero-order chi connectivity index (χ0) is 17.4. The van der Waals surface area contributed by atoms with E-state index < -0.39 is 6.23 Å². The Kier molecular flexibility index (Phi) is 4.29. The van der Waals surface area contributed by atoms with Crippen LogP contribution in [0.3, 0.4) is 0 Å². The lowest BCUT2D eigenvalue weighted by atomic mass is 9.84. The summed E-state index contributed by atoms with van der Waals surface area (Å²) < 4.78 is 7.31. The Balaban J connectivity index is 1.64. The topological polar surface area (TPSA) is 75.1 Å². The molecule has 1 saturated heterocycles. The van der Waals surface area contributed by atoms with E-state index in [-0.39, 0.29) is 5.54 Å². The summed E-state index contributed by atoms with van der Waals surface area (Å²) in [5.41, 5.74) is 2.37. The van der Waals surface area contributed by atoms with Crippen molar-refractivity contribution in [1.29, 1.82) is 0 Å². The van der Waals surface area contributed by atoms with Gasteiger partial charge in [-0.05, 0) is 37.1 Å². The molecular formula is C18H21ClN4O2. The number of rotatable bonds is 4. The van der Waals surface area contributed by atoms with Gasteiger partial charge >= 0.3 is 0 Å². The van der Waals surface area contributed by atoms with Gasteiger partial charge in [0.1, 0.15) is 6.23 Å². The molecule has 1 atom stereocenters. The molecule has 1 aliphatic heterocycles. The van der Waals surface area contributed by atoms with Gasteiger partial charge in [-0.15, -0.1) is 0 Å². The first kappa shape index (κ1) is 16.6. The number of H-pyrrole nitrogens is 1. The standard InChI is InChI=1S/C18H21ClN4O2/c1-23-11-13(10-20-23)18(4-6-25-7-5-18)22-17(24)16-9-12-8-14(19)2-3-15(12)21-16/h2-3,8-11,17,21-22,24H,4-7H2,1H3. The summed E-state index contributed by atoms with van der Waals surface area (Å²) in [6, 6.07) is 7.56. The number of ether oxygens (including phenoxy) is 1. The van der Waals surface area contributed by atoms with Gasteiger partial charge in [-0.2, -0.15) is 5.10 Å². The van der Waals surface area contributed by atoms with Gasteiger partial charge in [0.05, 0.1) is 17.4 Å². The van der Waals surface area contributed by atoms with Crippen LogP contribution in [0.15, 0.2) is 36.7 Å². The van der Waals surface area contributed by atoms with E-state index in [1.165, 1.54) is 0 Å². The first-order chi connectivity index (χ1) is 12.1. The number of hydrogen-bond acceptors (Lipinski definition) is 4. The quantitative estimate of drug-likeness (QED) is 0.625. The van der Waals surface area contributed by atoms with Crippen molar-refractivity contribution in [3.05, 3.63) is 52.9 Å². The van der Waals surface area contributed by atoms with E-state index >= 15 is 0 Å². The zero-order valence-corrected chi connectivity index (χ0v) is 14.8.